The van der Waals surface area contributed by atoms with E-state index in [-0.39, 0.29) is 18.1 Å². The standard InChI is InChI=1S/C23H19N5O/c24-22-21(23-26-18-8-4-5-9-19(18)27-23)20(29)14-28(22)17-12-10-16(11-13-17)25-15-6-2-1-3-7-15/h1-13,24-25,29H,14H2,(H,26,27). The minimum atomic E-state index is 0.139. The minimum Gasteiger partial charge on any atom is -0.509 e. The summed E-state index contributed by atoms with van der Waals surface area (Å²) in [4.78, 5) is 9.50. The van der Waals surface area contributed by atoms with Crippen molar-refractivity contribution in [2.45, 2.75) is 0 Å². The number of benzene rings is 3. The van der Waals surface area contributed by atoms with E-state index < -0.39 is 0 Å². The van der Waals surface area contributed by atoms with Crippen molar-refractivity contribution in [3.05, 3.63) is 90.4 Å². The van der Waals surface area contributed by atoms with Crippen molar-refractivity contribution in [1.29, 1.82) is 5.41 Å². The van der Waals surface area contributed by atoms with Gasteiger partial charge < -0.3 is 20.3 Å². The van der Waals surface area contributed by atoms with Gasteiger partial charge in [0.05, 0.1) is 23.2 Å². The minimum absolute atomic E-state index is 0.139. The van der Waals surface area contributed by atoms with E-state index >= 15 is 0 Å². The van der Waals surface area contributed by atoms with E-state index in [9.17, 15) is 5.11 Å². The van der Waals surface area contributed by atoms with Crippen molar-refractivity contribution in [3.8, 4) is 0 Å². The molecule has 0 spiro atoms. The van der Waals surface area contributed by atoms with Crippen LogP contribution < -0.4 is 10.2 Å². The molecule has 3 aromatic carbocycles. The second-order valence-corrected chi connectivity index (χ2v) is 6.90. The van der Waals surface area contributed by atoms with Crippen LogP contribution >= 0.6 is 0 Å². The molecule has 142 valence electrons. The highest BCUT2D eigenvalue weighted by molar-refractivity contribution is 6.30. The number of aliphatic hydroxyl groups excluding tert-OH is 1. The lowest BCUT2D eigenvalue weighted by Crippen LogP contribution is -2.26. The third kappa shape index (κ3) is 3.10. The number of amidine groups is 1. The van der Waals surface area contributed by atoms with E-state index in [0.29, 0.717) is 11.4 Å². The van der Waals surface area contributed by atoms with Crippen molar-refractivity contribution < 1.29 is 5.11 Å². The maximum atomic E-state index is 10.5. The van der Waals surface area contributed by atoms with Gasteiger partial charge in [-0.3, -0.25) is 5.41 Å². The summed E-state index contributed by atoms with van der Waals surface area (Å²) in [6.45, 7) is 0.247. The van der Waals surface area contributed by atoms with Crippen molar-refractivity contribution >= 4 is 39.5 Å². The maximum absolute atomic E-state index is 10.5. The Morgan fingerprint density at radius 2 is 1.59 bits per heavy atom. The van der Waals surface area contributed by atoms with Crippen molar-refractivity contribution in [2.75, 3.05) is 16.8 Å². The Labute approximate surface area is 167 Å². The fraction of sp³-hybridized carbons (Fsp3) is 0.0435. The molecule has 29 heavy (non-hydrogen) atoms. The molecule has 0 amide bonds. The molecule has 0 saturated heterocycles. The number of hydrogen-bond acceptors (Lipinski definition) is 4. The molecule has 0 bridgehead atoms. The molecule has 4 N–H and O–H groups in total. The molecule has 4 aromatic rings. The lowest BCUT2D eigenvalue weighted by atomic mass is 10.2. The molecule has 6 heteroatoms. The van der Waals surface area contributed by atoms with Gasteiger partial charge >= 0.3 is 0 Å². The molecule has 0 fully saturated rings. The molecule has 5 rings (SSSR count). The second kappa shape index (κ2) is 6.83. The van der Waals surface area contributed by atoms with Gasteiger partial charge in [0.25, 0.3) is 0 Å². The number of hydrogen-bond donors (Lipinski definition) is 4. The van der Waals surface area contributed by atoms with Crippen LogP contribution in [0.1, 0.15) is 5.82 Å². The number of anilines is 3. The smallest absolute Gasteiger partial charge is 0.145 e. The van der Waals surface area contributed by atoms with Gasteiger partial charge in [0.1, 0.15) is 17.4 Å². The number of nitrogens with zero attached hydrogens (tertiary/aromatic N) is 2. The first-order valence-electron chi connectivity index (χ1n) is 9.35. The predicted octanol–water partition coefficient (Wildman–Crippen LogP) is 5.07. The van der Waals surface area contributed by atoms with Crippen LogP contribution in [0.4, 0.5) is 17.1 Å². The molecule has 6 nitrogen and oxygen atoms in total. The summed E-state index contributed by atoms with van der Waals surface area (Å²) in [6, 6.07) is 25.4. The van der Waals surface area contributed by atoms with Crippen LogP contribution in [0.3, 0.4) is 0 Å². The summed E-state index contributed by atoms with van der Waals surface area (Å²) < 4.78 is 0. The number of para-hydroxylation sites is 3. The van der Waals surface area contributed by atoms with Gasteiger partial charge in [-0.1, -0.05) is 30.3 Å². The number of aromatic amines is 1. The zero-order valence-electron chi connectivity index (χ0n) is 15.6. The summed E-state index contributed by atoms with van der Waals surface area (Å²) >= 11 is 0. The average Bonchev–Trinajstić information content (AvgIpc) is 3.29. The fourth-order valence-electron chi connectivity index (χ4n) is 3.53. The summed E-state index contributed by atoms with van der Waals surface area (Å²) in [5.41, 5.74) is 4.94. The number of H-pyrrole nitrogens is 1. The van der Waals surface area contributed by atoms with E-state index in [4.69, 9.17) is 5.41 Å². The van der Waals surface area contributed by atoms with Gasteiger partial charge in [0, 0.05) is 17.1 Å². The average molecular weight is 381 g/mol. The van der Waals surface area contributed by atoms with Crippen LogP contribution in [0.25, 0.3) is 16.6 Å². The largest absolute Gasteiger partial charge is 0.509 e. The molecule has 1 aliphatic heterocycles. The Bertz CT molecular complexity index is 1190. The van der Waals surface area contributed by atoms with Crippen LogP contribution in [0.2, 0.25) is 0 Å². The molecule has 0 radical (unpaired) electrons. The number of nitrogens with one attached hydrogen (secondary N) is 3. The number of aromatic nitrogens is 2. The quantitative estimate of drug-likeness (QED) is 0.397. The number of aliphatic hydroxyl groups is 1. The summed E-state index contributed by atoms with van der Waals surface area (Å²) in [7, 11) is 0. The number of rotatable bonds is 4. The highest BCUT2D eigenvalue weighted by atomic mass is 16.3. The van der Waals surface area contributed by atoms with Crippen molar-refractivity contribution in [3.63, 3.8) is 0 Å². The van der Waals surface area contributed by atoms with Crippen LogP contribution in [0.15, 0.2) is 84.6 Å². The molecule has 2 heterocycles. The van der Waals surface area contributed by atoms with Gasteiger partial charge in [0.2, 0.25) is 0 Å². The molecule has 0 unspecified atom stereocenters. The third-order valence-electron chi connectivity index (χ3n) is 4.97. The van der Waals surface area contributed by atoms with Crippen LogP contribution in [0.5, 0.6) is 0 Å². The lowest BCUT2D eigenvalue weighted by molar-refractivity contribution is 0.411. The lowest BCUT2D eigenvalue weighted by Gasteiger charge is -2.19. The van der Waals surface area contributed by atoms with Crippen LogP contribution in [0, 0.1) is 5.41 Å². The Morgan fingerprint density at radius 3 is 2.34 bits per heavy atom. The van der Waals surface area contributed by atoms with Crippen molar-refractivity contribution in [2.24, 2.45) is 0 Å². The van der Waals surface area contributed by atoms with E-state index in [1.54, 1.807) is 4.90 Å². The molecule has 1 aromatic heterocycles. The molecular weight excluding hydrogens is 362 g/mol. The highest BCUT2D eigenvalue weighted by Crippen LogP contribution is 2.31. The zero-order valence-corrected chi connectivity index (χ0v) is 15.6. The summed E-state index contributed by atoms with van der Waals surface area (Å²) in [6.07, 6.45) is 0. The normalized spacial score (nSPS) is 14.1. The van der Waals surface area contributed by atoms with E-state index in [2.05, 4.69) is 15.3 Å². The number of fused-ring (bicyclic) bond motifs is 1. The molecular formula is C23H19N5O. The van der Waals surface area contributed by atoms with Gasteiger partial charge in [-0.2, -0.15) is 0 Å². The van der Waals surface area contributed by atoms with E-state index in [1.807, 2.05) is 78.9 Å². The van der Waals surface area contributed by atoms with Crippen molar-refractivity contribution in [1.82, 2.24) is 9.97 Å². The number of imidazole rings is 1. The first-order valence-corrected chi connectivity index (χ1v) is 9.35. The topological polar surface area (TPSA) is 88.0 Å². The van der Waals surface area contributed by atoms with Crippen LogP contribution in [-0.4, -0.2) is 27.5 Å². The molecule has 0 saturated carbocycles. The zero-order chi connectivity index (χ0) is 19.8. The first kappa shape index (κ1) is 17.1. The monoisotopic (exact) mass is 381 g/mol. The van der Waals surface area contributed by atoms with E-state index in [1.165, 1.54) is 0 Å². The third-order valence-corrected chi connectivity index (χ3v) is 4.97. The maximum Gasteiger partial charge on any atom is 0.145 e. The Hall–Kier alpha value is -4.06. The van der Waals surface area contributed by atoms with Gasteiger partial charge in [-0.25, -0.2) is 4.98 Å². The first-order chi connectivity index (χ1) is 14.2. The highest BCUT2D eigenvalue weighted by Gasteiger charge is 2.31. The molecule has 0 atom stereocenters. The van der Waals surface area contributed by atoms with E-state index in [0.717, 1.165) is 28.1 Å². The fourth-order valence-corrected chi connectivity index (χ4v) is 3.53. The van der Waals surface area contributed by atoms with Crippen LogP contribution in [-0.2, 0) is 0 Å². The Kier molecular flexibility index (Phi) is 4.02. The SMILES string of the molecule is N=C1C(c2nc3ccccc3[nH]2)=C(O)CN1c1ccc(Nc2ccccc2)cc1. The Balaban J connectivity index is 1.38. The summed E-state index contributed by atoms with van der Waals surface area (Å²) in [5, 5.41) is 22.5. The van der Waals surface area contributed by atoms with Gasteiger partial charge in [0.15, 0.2) is 0 Å². The Morgan fingerprint density at radius 1 is 0.897 bits per heavy atom. The van der Waals surface area contributed by atoms with Gasteiger partial charge in [-0.15, -0.1) is 0 Å². The summed E-state index contributed by atoms with van der Waals surface area (Å²) in [5.74, 6) is 0.879. The predicted molar refractivity (Wildman–Crippen MR) is 117 cm³/mol. The second-order valence-electron chi connectivity index (χ2n) is 6.90. The van der Waals surface area contributed by atoms with Gasteiger partial charge in [-0.05, 0) is 48.5 Å². The molecule has 0 aliphatic carbocycles. The molecule has 1 aliphatic rings.